The predicted octanol–water partition coefficient (Wildman–Crippen LogP) is 6.38. The third-order valence-electron chi connectivity index (χ3n) is 4.03. The molecule has 1 aliphatic rings. The SMILES string of the molecule is CC1=Nc2ccccc2/C1=C\c1sc(=S)n(-c2cccc(Br)c2)c1O. The molecule has 1 aliphatic heterocycles. The summed E-state index contributed by atoms with van der Waals surface area (Å²) in [6.07, 6.45) is 1.97. The molecule has 0 atom stereocenters. The quantitative estimate of drug-likeness (QED) is 0.480. The zero-order chi connectivity index (χ0) is 17.6. The highest BCUT2D eigenvalue weighted by molar-refractivity contribution is 9.10. The molecule has 0 radical (unpaired) electrons. The number of aromatic hydroxyl groups is 1. The number of allylic oxidation sites excluding steroid dienone is 1. The van der Waals surface area contributed by atoms with Gasteiger partial charge in [0.05, 0.1) is 16.3 Å². The minimum atomic E-state index is 0.151. The van der Waals surface area contributed by atoms with Crippen LogP contribution in [0.25, 0.3) is 17.3 Å². The molecule has 0 unspecified atom stereocenters. The van der Waals surface area contributed by atoms with Gasteiger partial charge in [0, 0.05) is 21.3 Å². The fraction of sp³-hybridized carbons (Fsp3) is 0.0526. The van der Waals surface area contributed by atoms with Crippen LogP contribution in [0.1, 0.15) is 17.4 Å². The number of benzene rings is 2. The van der Waals surface area contributed by atoms with Gasteiger partial charge in [-0.25, -0.2) is 0 Å². The Hall–Kier alpha value is -2.02. The predicted molar refractivity (Wildman–Crippen MR) is 111 cm³/mol. The van der Waals surface area contributed by atoms with E-state index in [1.54, 1.807) is 4.57 Å². The number of hydrogen-bond donors (Lipinski definition) is 1. The molecule has 3 aromatic rings. The van der Waals surface area contributed by atoms with Gasteiger partial charge < -0.3 is 5.11 Å². The van der Waals surface area contributed by atoms with Crippen LogP contribution in [-0.2, 0) is 0 Å². The molecule has 0 bridgehead atoms. The normalized spacial score (nSPS) is 14.6. The van der Waals surface area contributed by atoms with E-state index in [2.05, 4.69) is 20.9 Å². The van der Waals surface area contributed by atoms with E-state index < -0.39 is 0 Å². The Bertz CT molecular complexity index is 1110. The van der Waals surface area contributed by atoms with Crippen molar-refractivity contribution in [2.45, 2.75) is 6.92 Å². The summed E-state index contributed by atoms with van der Waals surface area (Å²) in [5.74, 6) is 0.151. The maximum Gasteiger partial charge on any atom is 0.215 e. The summed E-state index contributed by atoms with van der Waals surface area (Å²) in [4.78, 5) is 5.32. The van der Waals surface area contributed by atoms with Crippen LogP contribution in [0.5, 0.6) is 5.88 Å². The summed E-state index contributed by atoms with van der Waals surface area (Å²) < 4.78 is 3.22. The van der Waals surface area contributed by atoms with E-state index in [1.165, 1.54) is 11.3 Å². The Morgan fingerprint density at radius 1 is 1.20 bits per heavy atom. The van der Waals surface area contributed by atoms with E-state index in [1.807, 2.05) is 61.5 Å². The van der Waals surface area contributed by atoms with Crippen molar-refractivity contribution in [2.75, 3.05) is 0 Å². The Balaban J connectivity index is 1.85. The molecular weight excluding hydrogens is 416 g/mol. The third kappa shape index (κ3) is 2.90. The van der Waals surface area contributed by atoms with Crippen molar-refractivity contribution in [3.8, 4) is 11.6 Å². The molecule has 0 saturated heterocycles. The molecule has 4 rings (SSSR count). The van der Waals surface area contributed by atoms with Crippen LogP contribution in [0.15, 0.2) is 58.0 Å². The van der Waals surface area contributed by atoms with Gasteiger partial charge in [-0.1, -0.05) is 40.2 Å². The molecule has 0 spiro atoms. The van der Waals surface area contributed by atoms with Gasteiger partial charge >= 0.3 is 0 Å². The Morgan fingerprint density at radius 3 is 2.80 bits per heavy atom. The monoisotopic (exact) mass is 428 g/mol. The molecule has 0 saturated carbocycles. The molecule has 1 aromatic heterocycles. The van der Waals surface area contributed by atoms with Crippen molar-refractivity contribution in [3.63, 3.8) is 0 Å². The summed E-state index contributed by atoms with van der Waals surface area (Å²) in [5, 5.41) is 10.8. The van der Waals surface area contributed by atoms with Gasteiger partial charge in [-0.15, -0.1) is 11.3 Å². The number of hydrogen-bond acceptors (Lipinski definition) is 4. The van der Waals surface area contributed by atoms with Crippen LogP contribution in [0.3, 0.4) is 0 Å². The standard InChI is InChI=1S/C19H13BrN2OS2/c1-11-15(14-7-2-3-8-16(14)21-11)10-17-18(23)22(19(24)25-17)13-6-4-5-12(20)9-13/h2-10,23H,1H3/b15-10-. The van der Waals surface area contributed by atoms with Crippen LogP contribution >= 0.6 is 39.5 Å². The lowest BCUT2D eigenvalue weighted by molar-refractivity contribution is 0.441. The molecule has 124 valence electrons. The van der Waals surface area contributed by atoms with Gasteiger partial charge in [0.25, 0.3) is 0 Å². The van der Waals surface area contributed by atoms with Gasteiger partial charge in [-0.05, 0) is 49.5 Å². The fourth-order valence-electron chi connectivity index (χ4n) is 2.87. The first-order valence-corrected chi connectivity index (χ1v) is 9.64. The second kappa shape index (κ2) is 6.37. The number of aromatic nitrogens is 1. The zero-order valence-electron chi connectivity index (χ0n) is 13.2. The summed E-state index contributed by atoms with van der Waals surface area (Å²) in [6, 6.07) is 15.7. The minimum Gasteiger partial charge on any atom is -0.493 e. The number of nitrogens with zero attached hydrogens (tertiary/aromatic N) is 2. The van der Waals surface area contributed by atoms with Gasteiger partial charge in [0.15, 0.2) is 3.95 Å². The van der Waals surface area contributed by atoms with E-state index in [-0.39, 0.29) is 5.88 Å². The molecule has 6 heteroatoms. The molecule has 0 amide bonds. The lowest BCUT2D eigenvalue weighted by atomic mass is 10.0. The van der Waals surface area contributed by atoms with Crippen molar-refractivity contribution in [3.05, 3.63) is 67.4 Å². The van der Waals surface area contributed by atoms with Crippen LogP contribution in [-0.4, -0.2) is 15.4 Å². The summed E-state index contributed by atoms with van der Waals surface area (Å²) >= 11 is 10.3. The first kappa shape index (κ1) is 16.4. The summed E-state index contributed by atoms with van der Waals surface area (Å²) in [6.45, 7) is 1.98. The second-order valence-electron chi connectivity index (χ2n) is 5.64. The average Bonchev–Trinajstić information content (AvgIpc) is 3.04. The van der Waals surface area contributed by atoms with Crippen molar-refractivity contribution in [2.24, 2.45) is 4.99 Å². The molecular formula is C19H13BrN2OS2. The lowest BCUT2D eigenvalue weighted by Crippen LogP contribution is -1.93. The largest absolute Gasteiger partial charge is 0.493 e. The summed E-state index contributed by atoms with van der Waals surface area (Å²) in [5.41, 5.74) is 4.82. The number of halogens is 1. The van der Waals surface area contributed by atoms with E-state index in [0.29, 0.717) is 3.95 Å². The Labute approximate surface area is 162 Å². The number of rotatable bonds is 2. The molecule has 2 aromatic carbocycles. The lowest BCUT2D eigenvalue weighted by Gasteiger charge is -2.05. The number of aliphatic imine (C=N–C) groups is 1. The Kier molecular flexibility index (Phi) is 4.19. The number of para-hydroxylation sites is 1. The third-order valence-corrected chi connectivity index (χ3v) is 5.83. The van der Waals surface area contributed by atoms with E-state index in [0.717, 1.165) is 37.6 Å². The van der Waals surface area contributed by atoms with E-state index in [4.69, 9.17) is 12.2 Å². The second-order valence-corrected chi connectivity index (χ2v) is 8.23. The van der Waals surface area contributed by atoms with Crippen LogP contribution in [0, 0.1) is 3.95 Å². The van der Waals surface area contributed by atoms with E-state index >= 15 is 0 Å². The van der Waals surface area contributed by atoms with Gasteiger partial charge in [0.2, 0.25) is 5.88 Å². The minimum absolute atomic E-state index is 0.151. The van der Waals surface area contributed by atoms with Crippen molar-refractivity contribution >= 4 is 62.5 Å². The maximum absolute atomic E-state index is 10.8. The molecule has 0 fully saturated rings. The fourth-order valence-corrected chi connectivity index (χ4v) is 4.55. The molecule has 3 nitrogen and oxygen atoms in total. The van der Waals surface area contributed by atoms with Gasteiger partial charge in [-0.3, -0.25) is 9.56 Å². The summed E-state index contributed by atoms with van der Waals surface area (Å²) in [7, 11) is 0. The highest BCUT2D eigenvalue weighted by Crippen LogP contribution is 2.39. The van der Waals surface area contributed by atoms with E-state index in [9.17, 15) is 5.11 Å². The Morgan fingerprint density at radius 2 is 2.00 bits per heavy atom. The highest BCUT2D eigenvalue weighted by atomic mass is 79.9. The van der Waals surface area contributed by atoms with Crippen molar-refractivity contribution < 1.29 is 5.11 Å². The van der Waals surface area contributed by atoms with Gasteiger partial charge in [0.1, 0.15) is 0 Å². The highest BCUT2D eigenvalue weighted by Gasteiger charge is 2.19. The molecule has 25 heavy (non-hydrogen) atoms. The molecule has 1 N–H and O–H groups in total. The zero-order valence-corrected chi connectivity index (χ0v) is 16.5. The first-order chi connectivity index (χ1) is 12.0. The smallest absolute Gasteiger partial charge is 0.215 e. The number of fused-ring (bicyclic) bond motifs is 1. The van der Waals surface area contributed by atoms with Crippen LogP contribution in [0.2, 0.25) is 0 Å². The van der Waals surface area contributed by atoms with Crippen molar-refractivity contribution in [1.82, 2.24) is 4.57 Å². The van der Waals surface area contributed by atoms with Crippen molar-refractivity contribution in [1.29, 1.82) is 0 Å². The van der Waals surface area contributed by atoms with Crippen LogP contribution < -0.4 is 0 Å². The first-order valence-electron chi connectivity index (χ1n) is 7.62. The maximum atomic E-state index is 10.8. The molecule has 2 heterocycles. The van der Waals surface area contributed by atoms with Gasteiger partial charge in [-0.2, -0.15) is 0 Å². The topological polar surface area (TPSA) is 37.5 Å². The number of thiazole rings is 1. The van der Waals surface area contributed by atoms with Crippen LogP contribution in [0.4, 0.5) is 5.69 Å². The average molecular weight is 429 g/mol. The molecule has 0 aliphatic carbocycles.